The lowest BCUT2D eigenvalue weighted by Crippen LogP contribution is -2.08. The summed E-state index contributed by atoms with van der Waals surface area (Å²) in [6.07, 6.45) is 0. The Balaban J connectivity index is 2.16. The molecule has 0 saturated heterocycles. The fraction of sp³-hybridized carbons (Fsp3) is 0.357. The zero-order valence-corrected chi connectivity index (χ0v) is 12.7. The topological polar surface area (TPSA) is 43.4 Å². The first-order valence-corrected chi connectivity index (χ1v) is 7.19. The number of rotatable bonds is 6. The van der Waals surface area contributed by atoms with Gasteiger partial charge in [-0.15, -0.1) is 11.3 Å². The largest absolute Gasteiger partial charge is 0.493 e. The van der Waals surface area contributed by atoms with Crippen LogP contribution in [-0.4, -0.2) is 18.7 Å². The first-order chi connectivity index (χ1) is 9.99. The average molecular weight is 314 g/mol. The molecule has 1 N–H and O–H groups in total. The molecule has 1 heterocycles. The van der Waals surface area contributed by atoms with Crippen molar-refractivity contribution < 1.29 is 18.3 Å². The molecule has 2 rings (SSSR count). The summed E-state index contributed by atoms with van der Waals surface area (Å²) in [4.78, 5) is 4.39. The predicted octanol–water partition coefficient (Wildman–Crippen LogP) is 4.23. The Labute approximate surface area is 125 Å². The van der Waals surface area contributed by atoms with Crippen LogP contribution in [0.25, 0.3) is 0 Å². The van der Waals surface area contributed by atoms with E-state index >= 15 is 0 Å². The summed E-state index contributed by atoms with van der Waals surface area (Å²) < 4.78 is 34.2. The van der Waals surface area contributed by atoms with Crippen molar-refractivity contribution in [2.24, 2.45) is 0 Å². The number of nitrogens with one attached hydrogen (secondary N) is 1. The average Bonchev–Trinajstić information content (AvgIpc) is 2.85. The van der Waals surface area contributed by atoms with Crippen molar-refractivity contribution >= 4 is 17.0 Å². The fourth-order valence-electron chi connectivity index (χ4n) is 1.86. The molecule has 0 aliphatic carbocycles. The molecule has 7 heteroatoms. The second kappa shape index (κ2) is 6.71. The van der Waals surface area contributed by atoms with E-state index in [0.717, 1.165) is 10.7 Å². The van der Waals surface area contributed by atoms with Gasteiger partial charge in [-0.2, -0.15) is 8.78 Å². The van der Waals surface area contributed by atoms with Crippen molar-refractivity contribution in [2.75, 3.05) is 12.4 Å². The first kappa shape index (κ1) is 15.5. The van der Waals surface area contributed by atoms with E-state index in [-0.39, 0.29) is 17.5 Å². The van der Waals surface area contributed by atoms with Gasteiger partial charge in [0, 0.05) is 17.1 Å². The Hall–Kier alpha value is -1.89. The van der Waals surface area contributed by atoms with Crippen molar-refractivity contribution in [1.29, 1.82) is 0 Å². The summed E-state index contributed by atoms with van der Waals surface area (Å²) in [5.41, 5.74) is 1.56. The number of hydrogen-bond donors (Lipinski definition) is 1. The second-order valence-electron chi connectivity index (χ2n) is 4.40. The number of aryl methyl sites for hydroxylation is 1. The summed E-state index contributed by atoms with van der Waals surface area (Å²) in [6.45, 7) is 0.989. The van der Waals surface area contributed by atoms with Gasteiger partial charge in [0.1, 0.15) is 0 Å². The molecule has 21 heavy (non-hydrogen) atoms. The van der Waals surface area contributed by atoms with Gasteiger partial charge in [-0.05, 0) is 26.0 Å². The lowest BCUT2D eigenvalue weighted by molar-refractivity contribution is -0.0511. The summed E-state index contributed by atoms with van der Waals surface area (Å²) >= 11 is 1.57. The quantitative estimate of drug-likeness (QED) is 0.866. The maximum absolute atomic E-state index is 12.4. The van der Waals surface area contributed by atoms with Gasteiger partial charge in [-0.3, -0.25) is 0 Å². The van der Waals surface area contributed by atoms with Gasteiger partial charge in [0.05, 0.1) is 23.9 Å². The van der Waals surface area contributed by atoms with Crippen LogP contribution in [0.15, 0.2) is 23.6 Å². The number of nitrogens with zero attached hydrogens (tertiary/aromatic N) is 1. The highest BCUT2D eigenvalue weighted by Crippen LogP contribution is 2.32. The van der Waals surface area contributed by atoms with Crippen LogP contribution in [0.3, 0.4) is 0 Å². The molecule has 0 spiro atoms. The van der Waals surface area contributed by atoms with Gasteiger partial charge in [0.15, 0.2) is 11.5 Å². The van der Waals surface area contributed by atoms with Gasteiger partial charge in [0.2, 0.25) is 0 Å². The van der Waals surface area contributed by atoms with E-state index in [1.807, 2.05) is 19.2 Å². The van der Waals surface area contributed by atoms with Crippen molar-refractivity contribution in [3.8, 4) is 11.5 Å². The monoisotopic (exact) mass is 314 g/mol. The Bertz CT molecular complexity index is 604. The Kier molecular flexibility index (Phi) is 4.95. The van der Waals surface area contributed by atoms with E-state index in [2.05, 4.69) is 15.0 Å². The molecule has 2 aromatic rings. The minimum Gasteiger partial charge on any atom is -0.493 e. The smallest absolute Gasteiger partial charge is 0.387 e. The maximum Gasteiger partial charge on any atom is 0.387 e. The van der Waals surface area contributed by atoms with Crippen molar-refractivity contribution in [1.82, 2.24) is 4.98 Å². The van der Waals surface area contributed by atoms with E-state index < -0.39 is 6.61 Å². The highest BCUT2D eigenvalue weighted by molar-refractivity contribution is 7.09. The summed E-state index contributed by atoms with van der Waals surface area (Å²) in [6, 6.07) is 4.77. The summed E-state index contributed by atoms with van der Waals surface area (Å²) in [7, 11) is 1.40. The van der Waals surface area contributed by atoms with Crippen LogP contribution < -0.4 is 14.8 Å². The van der Waals surface area contributed by atoms with E-state index in [1.54, 1.807) is 23.5 Å². The fourth-order valence-corrected chi connectivity index (χ4v) is 2.56. The number of aromatic nitrogens is 1. The Morgan fingerprint density at radius 2 is 2.05 bits per heavy atom. The van der Waals surface area contributed by atoms with Gasteiger partial charge >= 0.3 is 6.61 Å². The van der Waals surface area contributed by atoms with E-state index in [0.29, 0.717) is 5.69 Å². The van der Waals surface area contributed by atoms with Crippen molar-refractivity contribution in [3.05, 3.63) is 34.3 Å². The van der Waals surface area contributed by atoms with Gasteiger partial charge in [-0.25, -0.2) is 4.98 Å². The second-order valence-corrected chi connectivity index (χ2v) is 5.46. The predicted molar refractivity (Wildman–Crippen MR) is 78.5 cm³/mol. The molecule has 1 atom stereocenters. The van der Waals surface area contributed by atoms with Crippen molar-refractivity contribution in [2.45, 2.75) is 26.5 Å². The van der Waals surface area contributed by atoms with Crippen LogP contribution in [0.5, 0.6) is 11.5 Å². The molecule has 0 amide bonds. The molecule has 1 aromatic carbocycles. The molecule has 0 radical (unpaired) electrons. The number of alkyl halides is 2. The van der Waals surface area contributed by atoms with Gasteiger partial charge < -0.3 is 14.8 Å². The number of anilines is 1. The SMILES string of the molecule is COc1ccc(NC(C)c2csc(C)n2)cc1OC(F)F. The number of benzene rings is 1. The molecule has 1 unspecified atom stereocenters. The normalized spacial score (nSPS) is 12.3. The molecule has 114 valence electrons. The van der Waals surface area contributed by atoms with Gasteiger partial charge in [0.25, 0.3) is 0 Å². The molecule has 0 saturated carbocycles. The molecular weight excluding hydrogens is 298 g/mol. The Morgan fingerprint density at radius 3 is 2.62 bits per heavy atom. The molecule has 0 aliphatic heterocycles. The molecule has 0 aliphatic rings. The Morgan fingerprint density at radius 1 is 1.29 bits per heavy atom. The number of ether oxygens (including phenoxy) is 2. The summed E-state index contributed by atoms with van der Waals surface area (Å²) in [5.74, 6) is 0.261. The van der Waals surface area contributed by atoms with Crippen molar-refractivity contribution in [3.63, 3.8) is 0 Å². The zero-order chi connectivity index (χ0) is 15.4. The minimum absolute atomic E-state index is 0.000779. The lowest BCUT2D eigenvalue weighted by atomic mass is 10.2. The van der Waals surface area contributed by atoms with Crippen LogP contribution in [0.2, 0.25) is 0 Å². The molecule has 0 fully saturated rings. The van der Waals surface area contributed by atoms with Crippen LogP contribution in [0, 0.1) is 6.92 Å². The first-order valence-electron chi connectivity index (χ1n) is 6.31. The molecule has 1 aromatic heterocycles. The van der Waals surface area contributed by atoms with E-state index in [4.69, 9.17) is 4.74 Å². The number of hydrogen-bond acceptors (Lipinski definition) is 5. The number of methoxy groups -OCH3 is 1. The van der Waals surface area contributed by atoms with Crippen LogP contribution in [0.4, 0.5) is 14.5 Å². The number of thiazole rings is 1. The third kappa shape index (κ3) is 4.04. The van der Waals surface area contributed by atoms with Crippen LogP contribution in [-0.2, 0) is 0 Å². The van der Waals surface area contributed by atoms with E-state index in [1.165, 1.54) is 13.2 Å². The molecule has 4 nitrogen and oxygen atoms in total. The zero-order valence-electron chi connectivity index (χ0n) is 11.9. The highest BCUT2D eigenvalue weighted by atomic mass is 32.1. The van der Waals surface area contributed by atoms with Crippen LogP contribution >= 0.6 is 11.3 Å². The lowest BCUT2D eigenvalue weighted by Gasteiger charge is -2.16. The molecular formula is C14H16F2N2O2S. The standard InChI is InChI=1S/C14H16F2N2O2S/c1-8(11-7-21-9(2)18-11)17-10-4-5-12(19-3)13(6-10)20-14(15)16/h4-8,14,17H,1-3H3. The highest BCUT2D eigenvalue weighted by Gasteiger charge is 2.13. The van der Waals surface area contributed by atoms with E-state index in [9.17, 15) is 8.78 Å². The maximum atomic E-state index is 12.4. The number of halogens is 2. The molecule has 0 bridgehead atoms. The van der Waals surface area contributed by atoms with Gasteiger partial charge in [-0.1, -0.05) is 0 Å². The third-order valence-electron chi connectivity index (χ3n) is 2.84. The minimum atomic E-state index is -2.90. The third-order valence-corrected chi connectivity index (χ3v) is 3.64. The summed E-state index contributed by atoms with van der Waals surface area (Å²) in [5, 5.41) is 6.15. The van der Waals surface area contributed by atoms with Crippen LogP contribution in [0.1, 0.15) is 23.7 Å².